The summed E-state index contributed by atoms with van der Waals surface area (Å²) in [4.78, 5) is 38.9. The number of amides is 2. The number of carboxylic acid groups (broad SMARTS) is 1. The molecule has 0 aliphatic rings. The molecule has 3 unspecified atom stereocenters. The van der Waals surface area contributed by atoms with E-state index in [2.05, 4.69) is 15.6 Å². The third-order valence-corrected chi connectivity index (χ3v) is 3.56. The van der Waals surface area contributed by atoms with Gasteiger partial charge in [0.25, 0.3) is 0 Å². The number of carbonyl (C=O) groups excluding carboxylic acids is 2. The van der Waals surface area contributed by atoms with Crippen LogP contribution in [-0.4, -0.2) is 54.0 Å². The van der Waals surface area contributed by atoms with Gasteiger partial charge in [0.15, 0.2) is 5.96 Å². The Kier molecular flexibility index (Phi) is 10.1. The van der Waals surface area contributed by atoms with Crippen molar-refractivity contribution in [1.29, 1.82) is 0 Å². The van der Waals surface area contributed by atoms with Crippen molar-refractivity contribution in [3.63, 3.8) is 0 Å². The second-order valence-corrected chi connectivity index (χ2v) is 5.48. The van der Waals surface area contributed by atoms with Crippen molar-refractivity contribution in [3.8, 4) is 0 Å². The first-order chi connectivity index (χ1) is 11.2. The van der Waals surface area contributed by atoms with Crippen LogP contribution in [0.15, 0.2) is 4.99 Å². The van der Waals surface area contributed by atoms with E-state index in [0.29, 0.717) is 12.8 Å². The van der Waals surface area contributed by atoms with Crippen LogP contribution in [0.1, 0.15) is 33.1 Å². The molecule has 0 bridgehead atoms. The van der Waals surface area contributed by atoms with E-state index in [1.165, 1.54) is 0 Å². The third kappa shape index (κ3) is 8.32. The molecule has 0 aromatic heterocycles. The molecule has 10 heteroatoms. The van der Waals surface area contributed by atoms with Gasteiger partial charge in [0.2, 0.25) is 11.8 Å². The molecule has 0 saturated heterocycles. The number of rotatable bonds is 11. The zero-order chi connectivity index (χ0) is 18.7. The molecular weight excluding hydrogens is 316 g/mol. The largest absolute Gasteiger partial charge is 0.480 e. The number of guanidine groups is 1. The minimum absolute atomic E-state index is 0.0766. The summed E-state index contributed by atoms with van der Waals surface area (Å²) in [5.41, 5.74) is 15.6. The zero-order valence-corrected chi connectivity index (χ0v) is 14.1. The third-order valence-electron chi connectivity index (χ3n) is 3.56. The van der Waals surface area contributed by atoms with Crippen molar-refractivity contribution < 1.29 is 19.5 Å². The Labute approximate surface area is 141 Å². The summed E-state index contributed by atoms with van der Waals surface area (Å²) < 4.78 is 0. The molecule has 9 N–H and O–H groups in total. The SMILES string of the molecule is CCC(C)C(NC(=O)CN)C(=O)NC(CCCN=C(N)N)C(=O)O. The van der Waals surface area contributed by atoms with E-state index in [9.17, 15) is 19.5 Å². The average Bonchev–Trinajstić information content (AvgIpc) is 2.53. The number of aliphatic imine (C=N–C) groups is 1. The molecule has 0 aromatic rings. The Bertz CT molecular complexity index is 464. The van der Waals surface area contributed by atoms with Crippen LogP contribution in [0.2, 0.25) is 0 Å². The Morgan fingerprint density at radius 2 is 1.83 bits per heavy atom. The molecule has 0 aliphatic heterocycles. The number of hydrogen-bond donors (Lipinski definition) is 6. The Morgan fingerprint density at radius 3 is 2.29 bits per heavy atom. The molecule has 138 valence electrons. The first kappa shape index (κ1) is 21.6. The highest BCUT2D eigenvalue weighted by Gasteiger charge is 2.29. The van der Waals surface area contributed by atoms with E-state index in [1.54, 1.807) is 6.92 Å². The van der Waals surface area contributed by atoms with Gasteiger partial charge in [-0.15, -0.1) is 0 Å². The van der Waals surface area contributed by atoms with Crippen molar-refractivity contribution in [2.75, 3.05) is 13.1 Å². The highest BCUT2D eigenvalue weighted by molar-refractivity contribution is 5.91. The van der Waals surface area contributed by atoms with Gasteiger partial charge in [0.1, 0.15) is 12.1 Å². The van der Waals surface area contributed by atoms with E-state index in [1.807, 2.05) is 6.92 Å². The predicted octanol–water partition coefficient (Wildman–Crippen LogP) is -1.90. The van der Waals surface area contributed by atoms with Crippen LogP contribution in [0.3, 0.4) is 0 Å². The lowest BCUT2D eigenvalue weighted by Gasteiger charge is -2.25. The second kappa shape index (κ2) is 11.2. The maximum Gasteiger partial charge on any atom is 0.326 e. The first-order valence-electron chi connectivity index (χ1n) is 7.80. The highest BCUT2D eigenvalue weighted by Crippen LogP contribution is 2.09. The molecule has 0 aromatic carbocycles. The number of nitrogens with two attached hydrogens (primary N) is 3. The summed E-state index contributed by atoms with van der Waals surface area (Å²) in [5, 5.41) is 14.2. The summed E-state index contributed by atoms with van der Waals surface area (Å²) in [6.45, 7) is 3.67. The van der Waals surface area contributed by atoms with Crippen molar-refractivity contribution in [2.45, 2.75) is 45.2 Å². The Morgan fingerprint density at radius 1 is 1.21 bits per heavy atom. The van der Waals surface area contributed by atoms with Crippen LogP contribution in [0.4, 0.5) is 0 Å². The van der Waals surface area contributed by atoms with Crippen LogP contribution in [0.25, 0.3) is 0 Å². The molecule has 0 fully saturated rings. The number of hydrogen-bond acceptors (Lipinski definition) is 5. The van der Waals surface area contributed by atoms with Gasteiger partial charge in [-0.25, -0.2) is 4.79 Å². The molecule has 0 spiro atoms. The molecule has 3 atom stereocenters. The lowest BCUT2D eigenvalue weighted by Crippen LogP contribution is -2.55. The molecule has 10 nitrogen and oxygen atoms in total. The Balaban J connectivity index is 4.82. The number of carboxylic acids is 1. The maximum absolute atomic E-state index is 12.4. The van der Waals surface area contributed by atoms with E-state index in [-0.39, 0.29) is 31.4 Å². The molecule has 0 aliphatic carbocycles. The van der Waals surface area contributed by atoms with E-state index in [0.717, 1.165) is 0 Å². The zero-order valence-electron chi connectivity index (χ0n) is 14.1. The predicted molar refractivity (Wildman–Crippen MR) is 89.9 cm³/mol. The van der Waals surface area contributed by atoms with Crippen LogP contribution in [0, 0.1) is 5.92 Å². The molecule has 0 radical (unpaired) electrons. The fourth-order valence-electron chi connectivity index (χ4n) is 1.96. The normalized spacial score (nSPS) is 14.1. The summed E-state index contributed by atoms with van der Waals surface area (Å²) in [6, 6.07) is -1.93. The minimum atomic E-state index is -1.17. The van der Waals surface area contributed by atoms with Crippen LogP contribution >= 0.6 is 0 Å². The minimum Gasteiger partial charge on any atom is -0.480 e. The van der Waals surface area contributed by atoms with Gasteiger partial charge in [-0.2, -0.15) is 0 Å². The molecular formula is C14H28N6O4. The lowest BCUT2D eigenvalue weighted by atomic mass is 9.97. The monoisotopic (exact) mass is 344 g/mol. The van der Waals surface area contributed by atoms with Gasteiger partial charge in [0, 0.05) is 6.54 Å². The summed E-state index contributed by atoms with van der Waals surface area (Å²) >= 11 is 0. The maximum atomic E-state index is 12.4. The van der Waals surface area contributed by atoms with Crippen molar-refractivity contribution in [3.05, 3.63) is 0 Å². The molecule has 0 heterocycles. The number of nitrogens with zero attached hydrogens (tertiary/aromatic N) is 1. The fourth-order valence-corrected chi connectivity index (χ4v) is 1.96. The van der Waals surface area contributed by atoms with Gasteiger partial charge < -0.3 is 32.9 Å². The second-order valence-electron chi connectivity index (χ2n) is 5.48. The smallest absolute Gasteiger partial charge is 0.326 e. The van der Waals surface area contributed by atoms with E-state index in [4.69, 9.17) is 17.2 Å². The molecule has 0 saturated carbocycles. The van der Waals surface area contributed by atoms with Crippen molar-refractivity contribution in [1.82, 2.24) is 10.6 Å². The standard InChI is InChI=1S/C14H28N6O4/c1-3-8(2)11(20-10(21)7-15)12(22)19-9(13(23)24)5-4-6-18-14(16)17/h8-9,11H,3-7,15H2,1-2H3,(H,19,22)(H,20,21)(H,23,24)(H4,16,17,18). The van der Waals surface area contributed by atoms with Gasteiger partial charge in [-0.3, -0.25) is 14.6 Å². The lowest BCUT2D eigenvalue weighted by molar-refractivity contribution is -0.142. The first-order valence-corrected chi connectivity index (χ1v) is 7.80. The van der Waals surface area contributed by atoms with Crippen LogP contribution in [0.5, 0.6) is 0 Å². The highest BCUT2D eigenvalue weighted by atomic mass is 16.4. The van der Waals surface area contributed by atoms with Gasteiger partial charge in [-0.1, -0.05) is 20.3 Å². The number of nitrogens with one attached hydrogen (secondary N) is 2. The fraction of sp³-hybridized carbons (Fsp3) is 0.714. The Hall–Kier alpha value is -2.36. The van der Waals surface area contributed by atoms with E-state index < -0.39 is 29.9 Å². The van der Waals surface area contributed by atoms with E-state index >= 15 is 0 Å². The molecule has 0 rings (SSSR count). The van der Waals surface area contributed by atoms with Crippen LogP contribution in [-0.2, 0) is 14.4 Å². The van der Waals surface area contributed by atoms with Crippen molar-refractivity contribution >= 4 is 23.7 Å². The van der Waals surface area contributed by atoms with Crippen LogP contribution < -0.4 is 27.8 Å². The molecule has 24 heavy (non-hydrogen) atoms. The van der Waals surface area contributed by atoms with Gasteiger partial charge in [0.05, 0.1) is 6.54 Å². The average molecular weight is 344 g/mol. The summed E-state index contributed by atoms with van der Waals surface area (Å²) in [6.07, 6.45) is 1.18. The summed E-state index contributed by atoms with van der Waals surface area (Å²) in [7, 11) is 0. The summed E-state index contributed by atoms with van der Waals surface area (Å²) in [5.74, 6) is -2.44. The quantitative estimate of drug-likeness (QED) is 0.143. The van der Waals surface area contributed by atoms with Gasteiger partial charge in [-0.05, 0) is 18.8 Å². The topological polar surface area (TPSA) is 186 Å². The van der Waals surface area contributed by atoms with Gasteiger partial charge >= 0.3 is 5.97 Å². The molecule has 2 amide bonds. The van der Waals surface area contributed by atoms with Crippen molar-refractivity contribution in [2.24, 2.45) is 28.1 Å². The number of carbonyl (C=O) groups is 3. The number of aliphatic carboxylic acids is 1.